The third-order valence-corrected chi connectivity index (χ3v) is 16.5. The molecular weight excluding hydrogens is 1170 g/mol. The lowest BCUT2D eigenvalue weighted by molar-refractivity contribution is 1.30. The summed E-state index contributed by atoms with van der Waals surface area (Å²) in [4.78, 5) is 44.9. The SMILES string of the molecule is C(C#Cc1c2nc(c(-c3ccccc3)c3ccc([nH]3)c(C#CC#Cc3c4nc(c(-c5ccccc5)c5ccc([nH]5)c(C#CC#Cc5ccncc5)c5nc(c(-c6ccccc6)c6ccc3[nH]6)C=C5)C=C4)c3nc(c(-c4ccccc4)c4ccc1[nH]4)C=C3)C=C2)#Cc1ccncc1. The summed E-state index contributed by atoms with van der Waals surface area (Å²) in [5, 5.41) is 0. The van der Waals surface area contributed by atoms with Crippen LogP contribution in [-0.2, 0) is 0 Å². The average Bonchev–Trinajstić information content (AvgIpc) is 1.64. The second-order valence-electron chi connectivity index (χ2n) is 22.4. The number of aromatic nitrogens is 10. The van der Waals surface area contributed by atoms with Crippen LogP contribution in [-0.4, -0.2) is 49.8 Å². The van der Waals surface area contributed by atoms with Gasteiger partial charge in [-0.2, -0.15) is 0 Å². The molecule has 4 aliphatic heterocycles. The maximum Gasteiger partial charge on any atom is 0.0815 e. The molecule has 16 rings (SSSR count). The molecule has 4 N–H and O–H groups in total. The van der Waals surface area contributed by atoms with Gasteiger partial charge in [-0.25, -0.2) is 19.9 Å². The van der Waals surface area contributed by atoms with Crippen molar-refractivity contribution in [3.05, 3.63) is 298 Å². The van der Waals surface area contributed by atoms with E-state index in [1.54, 1.807) is 24.8 Å². The highest BCUT2D eigenvalue weighted by molar-refractivity contribution is 5.98. The highest BCUT2D eigenvalue weighted by Crippen LogP contribution is 2.37. The minimum absolute atomic E-state index is 0.648. The number of nitrogens with one attached hydrogen (secondary N) is 4. The van der Waals surface area contributed by atoms with Crippen molar-refractivity contribution in [3.63, 3.8) is 0 Å². The topological polar surface area (TPSA) is 140 Å². The first-order chi connectivity index (χ1) is 47.6. The van der Waals surface area contributed by atoms with Crippen LogP contribution >= 0.6 is 0 Å². The summed E-state index contributed by atoms with van der Waals surface area (Å²) in [6.45, 7) is 0. The molecule has 4 aromatic carbocycles. The summed E-state index contributed by atoms with van der Waals surface area (Å²) in [5.74, 6) is 39.1. The minimum Gasteiger partial charge on any atom is -0.354 e. The lowest BCUT2D eigenvalue weighted by Gasteiger charge is -2.04. The smallest absolute Gasteiger partial charge is 0.0815 e. The Hall–Kier alpha value is -14.3. The Morgan fingerprint density at radius 3 is 0.677 bits per heavy atom. The molecule has 0 aliphatic carbocycles. The molecule has 0 atom stereocenters. The largest absolute Gasteiger partial charge is 0.354 e. The zero-order valence-electron chi connectivity index (χ0n) is 51.1. The van der Waals surface area contributed by atoms with Crippen molar-refractivity contribution in [1.29, 1.82) is 0 Å². The molecule has 12 heterocycles. The Bertz CT molecular complexity index is 5620. The number of H-pyrrole nitrogens is 4. The summed E-state index contributed by atoms with van der Waals surface area (Å²) >= 11 is 0. The van der Waals surface area contributed by atoms with Gasteiger partial charge in [0.05, 0.1) is 89.9 Å². The molecule has 10 heteroatoms. The van der Waals surface area contributed by atoms with Crippen molar-refractivity contribution in [3.8, 4) is 116 Å². The van der Waals surface area contributed by atoms with Crippen LogP contribution in [0.3, 0.4) is 0 Å². The first kappa shape index (κ1) is 56.9. The van der Waals surface area contributed by atoms with Gasteiger partial charge in [0.1, 0.15) is 0 Å². The van der Waals surface area contributed by atoms with Crippen molar-refractivity contribution >= 4 is 92.7 Å². The number of rotatable bonds is 4. The average molecular weight is 1220 g/mol. The molecule has 0 saturated heterocycles. The van der Waals surface area contributed by atoms with Gasteiger partial charge >= 0.3 is 0 Å². The fourth-order valence-electron chi connectivity index (χ4n) is 12.0. The van der Waals surface area contributed by atoms with E-state index in [2.05, 4.69) is 174 Å². The number of nitrogens with zero attached hydrogens (tertiary/aromatic N) is 6. The molecule has 16 bridgehead atoms. The Labute approximate surface area is 552 Å². The first-order valence-electron chi connectivity index (χ1n) is 31.0. The van der Waals surface area contributed by atoms with E-state index in [9.17, 15) is 0 Å². The predicted molar refractivity (Wildman–Crippen MR) is 389 cm³/mol. The van der Waals surface area contributed by atoms with Gasteiger partial charge in [-0.1, -0.05) is 133 Å². The van der Waals surface area contributed by atoms with E-state index in [0.717, 1.165) is 123 Å². The Balaban J connectivity index is 0.914. The van der Waals surface area contributed by atoms with Crippen LogP contribution in [0.1, 0.15) is 78.9 Å². The second kappa shape index (κ2) is 25.6. The standard InChI is InChI=1S/C86H48N10/c1-5-21-59(22-6-1)83-75-41-33-67(89-75)63(29-15-13-19-57-49-53-87-54-50-57)68-34-42-76(90-68)84(60-23-7-2-8-24-60)80-46-38-72(94-80)65(71-37-45-79(83)93-71)31-17-18-32-66-73-39-47-81(95-73)85(61-25-9-3-10-26-61)77-43-35-69(91-77)64(30-16-14-20-58-51-55-88-56-52-58)70-36-44-78(92-70)86(62-27-11-4-12-28-62)82-48-40-74(66)96-82/h1-12,21-28,33-56,89,91,94,96H. The molecule has 0 spiro atoms. The molecule has 0 radical (unpaired) electrons. The van der Waals surface area contributed by atoms with Crippen molar-refractivity contribution in [2.45, 2.75) is 0 Å². The highest BCUT2D eigenvalue weighted by atomic mass is 14.8. The summed E-state index contributed by atoms with van der Waals surface area (Å²) in [6.07, 6.45) is 23.1. The van der Waals surface area contributed by atoms with Crippen LogP contribution in [0.15, 0.2) is 219 Å². The number of hydrogen-bond acceptors (Lipinski definition) is 6. The molecule has 96 heavy (non-hydrogen) atoms. The lowest BCUT2D eigenvalue weighted by atomic mass is 10.0. The van der Waals surface area contributed by atoms with E-state index in [1.165, 1.54) is 0 Å². The van der Waals surface area contributed by atoms with Gasteiger partial charge in [0.15, 0.2) is 0 Å². The summed E-state index contributed by atoms with van der Waals surface area (Å²) in [7, 11) is 0. The van der Waals surface area contributed by atoms with Crippen molar-refractivity contribution in [1.82, 2.24) is 49.8 Å². The van der Waals surface area contributed by atoms with Gasteiger partial charge in [-0.15, -0.1) is 0 Å². The first-order valence-corrected chi connectivity index (χ1v) is 31.0. The number of fused-ring (bicyclic) bond motifs is 16. The van der Waals surface area contributed by atoms with Gasteiger partial charge < -0.3 is 19.9 Å². The zero-order valence-corrected chi connectivity index (χ0v) is 51.1. The van der Waals surface area contributed by atoms with E-state index in [-0.39, 0.29) is 0 Å². The van der Waals surface area contributed by atoms with E-state index in [4.69, 9.17) is 19.9 Å². The van der Waals surface area contributed by atoms with Crippen LogP contribution in [0.5, 0.6) is 0 Å². The number of benzene rings is 4. The van der Waals surface area contributed by atoms with Gasteiger partial charge in [0.2, 0.25) is 0 Å². The van der Waals surface area contributed by atoms with Crippen LogP contribution in [0.2, 0.25) is 0 Å². The fourth-order valence-corrected chi connectivity index (χ4v) is 12.0. The highest BCUT2D eigenvalue weighted by Gasteiger charge is 2.20. The predicted octanol–water partition coefficient (Wildman–Crippen LogP) is 17.3. The van der Waals surface area contributed by atoms with Crippen molar-refractivity contribution < 1.29 is 0 Å². The maximum absolute atomic E-state index is 5.43. The Kier molecular flexibility index (Phi) is 15.2. The molecule has 12 aromatic rings. The van der Waals surface area contributed by atoms with Gasteiger partial charge in [0, 0.05) is 80.2 Å². The summed E-state index contributed by atoms with van der Waals surface area (Å²) in [5.41, 5.74) is 23.9. The van der Waals surface area contributed by atoms with Crippen molar-refractivity contribution in [2.75, 3.05) is 0 Å². The monoisotopic (exact) mass is 1220 g/mol. The Morgan fingerprint density at radius 1 is 0.208 bits per heavy atom. The third kappa shape index (κ3) is 11.6. The van der Waals surface area contributed by atoms with Gasteiger partial charge in [-0.3, -0.25) is 9.97 Å². The minimum atomic E-state index is 0.648. The normalized spacial score (nSPS) is 11.3. The van der Waals surface area contributed by atoms with E-state index in [0.29, 0.717) is 45.0 Å². The molecular formula is C86H48N10. The van der Waals surface area contributed by atoms with Crippen LogP contribution in [0.4, 0.5) is 0 Å². The lowest BCUT2D eigenvalue weighted by Crippen LogP contribution is -1.89. The second-order valence-corrected chi connectivity index (χ2v) is 22.4. The zero-order chi connectivity index (χ0) is 64.0. The quantitative estimate of drug-likeness (QED) is 0.129. The van der Waals surface area contributed by atoms with Crippen LogP contribution < -0.4 is 0 Å². The molecule has 0 saturated carbocycles. The fraction of sp³-hybridized carbons (Fsp3) is 0. The molecule has 442 valence electrons. The van der Waals surface area contributed by atoms with Crippen LogP contribution in [0, 0.1) is 71.0 Å². The van der Waals surface area contributed by atoms with Crippen molar-refractivity contribution in [2.24, 2.45) is 0 Å². The van der Waals surface area contributed by atoms with Crippen LogP contribution in [0.25, 0.3) is 137 Å². The number of aromatic amines is 4. The molecule has 0 amide bonds. The van der Waals surface area contributed by atoms with E-state index < -0.39 is 0 Å². The summed E-state index contributed by atoms with van der Waals surface area (Å²) < 4.78 is 0. The van der Waals surface area contributed by atoms with Gasteiger partial charge in [0.25, 0.3) is 0 Å². The third-order valence-electron chi connectivity index (χ3n) is 16.5. The molecule has 0 unspecified atom stereocenters. The molecule has 4 aliphatic rings. The summed E-state index contributed by atoms with van der Waals surface area (Å²) in [6, 6.07) is 65.0. The number of pyridine rings is 2. The Morgan fingerprint density at radius 2 is 0.427 bits per heavy atom. The van der Waals surface area contributed by atoms with E-state index in [1.807, 2.05) is 170 Å². The van der Waals surface area contributed by atoms with E-state index >= 15 is 0 Å². The molecule has 10 nitrogen and oxygen atoms in total. The molecule has 8 aromatic heterocycles. The number of hydrogen-bond donors (Lipinski definition) is 4. The molecule has 0 fully saturated rings. The van der Waals surface area contributed by atoms with Gasteiger partial charge in [-0.05, 0) is 203 Å². The maximum atomic E-state index is 5.43.